The zero-order valence-electron chi connectivity index (χ0n) is 12.4. The maximum absolute atomic E-state index is 9.28. The molecule has 2 N–H and O–H groups in total. The smallest absolute Gasteiger partial charge is 0.118 e. The number of nitrogens with one attached hydrogen (secondary N) is 1. The molecule has 0 amide bonds. The minimum Gasteiger partial charge on any atom is -0.390 e. The number of hydrogen-bond donors (Lipinski definition) is 2. The maximum Gasteiger partial charge on any atom is 0.118 e. The molecule has 4 heteroatoms. The van der Waals surface area contributed by atoms with Crippen molar-refractivity contribution in [2.75, 3.05) is 0 Å². The molecule has 0 aliphatic carbocycles. The van der Waals surface area contributed by atoms with Gasteiger partial charge in [0, 0.05) is 5.56 Å². The van der Waals surface area contributed by atoms with Crippen LogP contribution < -0.4 is 0 Å². The molecule has 0 unspecified atom stereocenters. The predicted molar refractivity (Wildman–Crippen MR) is 90.7 cm³/mol. The molecule has 0 atom stereocenters. The zero-order valence-corrected chi connectivity index (χ0v) is 12.4. The van der Waals surface area contributed by atoms with Crippen LogP contribution in [-0.4, -0.2) is 20.5 Å². The number of fused-ring (bicyclic) bond motifs is 1. The normalized spacial score (nSPS) is 11.0. The molecule has 23 heavy (non-hydrogen) atoms. The van der Waals surface area contributed by atoms with Crippen LogP contribution in [0.2, 0.25) is 0 Å². The topological polar surface area (TPSA) is 61.8 Å². The van der Waals surface area contributed by atoms with Crippen molar-refractivity contribution in [2.24, 2.45) is 0 Å². The second-order valence-corrected chi connectivity index (χ2v) is 5.42. The number of aromatic amines is 1. The quantitative estimate of drug-likeness (QED) is 0.605. The number of H-pyrrole nitrogens is 1. The van der Waals surface area contributed by atoms with E-state index in [0.717, 1.165) is 11.1 Å². The largest absolute Gasteiger partial charge is 0.390 e. The predicted octanol–water partition coefficient (Wildman–Crippen LogP) is 3.78. The van der Waals surface area contributed by atoms with Gasteiger partial charge in [-0.2, -0.15) is 15.4 Å². The fourth-order valence-electron chi connectivity index (χ4n) is 2.78. The number of hydrogen-bond acceptors (Lipinski definition) is 3. The molecule has 0 saturated heterocycles. The zero-order chi connectivity index (χ0) is 15.6. The van der Waals surface area contributed by atoms with E-state index in [1.165, 1.54) is 16.3 Å². The molecule has 4 rings (SSSR count). The van der Waals surface area contributed by atoms with Crippen molar-refractivity contribution >= 4 is 10.8 Å². The lowest BCUT2D eigenvalue weighted by molar-refractivity contribution is 0.277. The molecule has 1 aromatic heterocycles. The number of aliphatic hydroxyl groups is 1. The van der Waals surface area contributed by atoms with Crippen LogP contribution >= 0.6 is 0 Å². The monoisotopic (exact) mass is 301 g/mol. The number of rotatable bonds is 3. The van der Waals surface area contributed by atoms with Crippen molar-refractivity contribution in [2.45, 2.75) is 6.61 Å². The van der Waals surface area contributed by atoms with Gasteiger partial charge < -0.3 is 5.11 Å². The maximum atomic E-state index is 9.28. The van der Waals surface area contributed by atoms with Crippen LogP contribution in [0.1, 0.15) is 5.69 Å². The molecule has 4 aromatic rings. The van der Waals surface area contributed by atoms with E-state index >= 15 is 0 Å². The molecule has 1 heterocycles. The van der Waals surface area contributed by atoms with E-state index in [1.54, 1.807) is 0 Å². The van der Waals surface area contributed by atoms with E-state index < -0.39 is 0 Å². The Bertz CT molecular complexity index is 958. The minimum absolute atomic E-state index is 0.127. The van der Waals surface area contributed by atoms with Gasteiger partial charge in [0.2, 0.25) is 0 Å². The first-order chi connectivity index (χ1) is 11.3. The number of aliphatic hydroxyl groups excluding tert-OH is 1. The summed E-state index contributed by atoms with van der Waals surface area (Å²) in [5.41, 5.74) is 4.51. The molecule has 0 radical (unpaired) electrons. The summed E-state index contributed by atoms with van der Waals surface area (Å²) in [6.45, 7) is -0.127. The molecule has 0 fully saturated rings. The second-order valence-electron chi connectivity index (χ2n) is 5.42. The summed E-state index contributed by atoms with van der Waals surface area (Å²) in [4.78, 5) is 0. The Kier molecular flexibility index (Phi) is 3.37. The van der Waals surface area contributed by atoms with Crippen LogP contribution in [0.15, 0.2) is 66.7 Å². The minimum atomic E-state index is -0.127. The molecular formula is C19H15N3O. The molecule has 0 aliphatic rings. The van der Waals surface area contributed by atoms with Gasteiger partial charge in [0.05, 0.1) is 6.61 Å². The van der Waals surface area contributed by atoms with E-state index in [4.69, 9.17) is 0 Å². The molecule has 3 aromatic carbocycles. The molecule has 0 saturated carbocycles. The van der Waals surface area contributed by atoms with Crippen LogP contribution in [0.4, 0.5) is 0 Å². The van der Waals surface area contributed by atoms with Crippen molar-refractivity contribution in [3.8, 4) is 22.4 Å². The number of benzene rings is 3. The third-order valence-corrected chi connectivity index (χ3v) is 4.01. The first-order valence-corrected chi connectivity index (χ1v) is 7.45. The van der Waals surface area contributed by atoms with Gasteiger partial charge in [-0.15, -0.1) is 0 Å². The van der Waals surface area contributed by atoms with Gasteiger partial charge in [-0.1, -0.05) is 60.7 Å². The van der Waals surface area contributed by atoms with Crippen LogP contribution in [0.5, 0.6) is 0 Å². The molecule has 4 nitrogen and oxygen atoms in total. The first-order valence-electron chi connectivity index (χ1n) is 7.45. The highest BCUT2D eigenvalue weighted by atomic mass is 16.3. The highest BCUT2D eigenvalue weighted by Crippen LogP contribution is 2.27. The second kappa shape index (κ2) is 5.66. The third-order valence-electron chi connectivity index (χ3n) is 4.01. The summed E-state index contributed by atoms with van der Waals surface area (Å²) in [6, 6.07) is 22.9. The number of aromatic nitrogens is 3. The summed E-state index contributed by atoms with van der Waals surface area (Å²) in [5.74, 6) is 0. The van der Waals surface area contributed by atoms with Crippen molar-refractivity contribution < 1.29 is 5.11 Å². The van der Waals surface area contributed by atoms with Crippen LogP contribution in [-0.2, 0) is 6.61 Å². The highest BCUT2D eigenvalue weighted by molar-refractivity contribution is 5.87. The molecule has 0 spiro atoms. The Balaban J connectivity index is 1.72. The summed E-state index contributed by atoms with van der Waals surface area (Å²) in [5, 5.41) is 22.3. The molecule has 0 aliphatic heterocycles. The summed E-state index contributed by atoms with van der Waals surface area (Å²) in [6.07, 6.45) is 0. The Morgan fingerprint density at radius 3 is 2.22 bits per heavy atom. The van der Waals surface area contributed by atoms with Crippen molar-refractivity contribution in [3.63, 3.8) is 0 Å². The lowest BCUT2D eigenvalue weighted by atomic mass is 9.99. The Morgan fingerprint density at radius 2 is 1.43 bits per heavy atom. The fourth-order valence-corrected chi connectivity index (χ4v) is 2.78. The van der Waals surface area contributed by atoms with Gasteiger partial charge in [-0.3, -0.25) is 0 Å². The first kappa shape index (κ1) is 13.7. The Labute approximate surface area is 133 Å². The van der Waals surface area contributed by atoms with Gasteiger partial charge in [0.1, 0.15) is 11.4 Å². The fraction of sp³-hybridized carbons (Fsp3) is 0.0526. The van der Waals surface area contributed by atoms with Gasteiger partial charge in [0.15, 0.2) is 0 Å². The lowest BCUT2D eigenvalue weighted by Crippen LogP contribution is -1.88. The van der Waals surface area contributed by atoms with Crippen LogP contribution in [0, 0.1) is 0 Å². The van der Waals surface area contributed by atoms with Gasteiger partial charge in [-0.25, -0.2) is 0 Å². The highest BCUT2D eigenvalue weighted by Gasteiger charge is 2.09. The van der Waals surface area contributed by atoms with E-state index in [1.807, 2.05) is 18.2 Å². The third kappa shape index (κ3) is 2.49. The number of nitrogens with zero attached hydrogens (tertiary/aromatic N) is 2. The molecular weight excluding hydrogens is 286 g/mol. The summed E-state index contributed by atoms with van der Waals surface area (Å²) in [7, 11) is 0. The summed E-state index contributed by atoms with van der Waals surface area (Å²) < 4.78 is 0. The van der Waals surface area contributed by atoms with Crippen LogP contribution in [0.3, 0.4) is 0 Å². The van der Waals surface area contributed by atoms with E-state index in [2.05, 4.69) is 63.9 Å². The molecule has 112 valence electrons. The van der Waals surface area contributed by atoms with E-state index in [9.17, 15) is 5.11 Å². The van der Waals surface area contributed by atoms with E-state index in [0.29, 0.717) is 11.4 Å². The average Bonchev–Trinajstić information content (AvgIpc) is 3.10. The summed E-state index contributed by atoms with van der Waals surface area (Å²) >= 11 is 0. The lowest BCUT2D eigenvalue weighted by Gasteiger charge is -2.05. The van der Waals surface area contributed by atoms with Gasteiger partial charge in [-0.05, 0) is 28.0 Å². The Hall–Kier alpha value is -2.98. The SMILES string of the molecule is OCc1n[nH]nc1-c1ccc(-c2ccc3ccccc3c2)cc1. The van der Waals surface area contributed by atoms with Crippen molar-refractivity contribution in [1.29, 1.82) is 0 Å². The van der Waals surface area contributed by atoms with Crippen molar-refractivity contribution in [3.05, 3.63) is 72.4 Å². The standard InChI is InChI=1S/C19H15N3O/c23-12-18-19(21-22-20-18)15-8-5-14(6-9-15)17-10-7-13-3-1-2-4-16(13)11-17/h1-11,23H,12H2,(H,20,21,22). The molecule has 0 bridgehead atoms. The van der Waals surface area contributed by atoms with E-state index in [-0.39, 0.29) is 6.61 Å². The van der Waals surface area contributed by atoms with Gasteiger partial charge in [0.25, 0.3) is 0 Å². The van der Waals surface area contributed by atoms with Gasteiger partial charge >= 0.3 is 0 Å². The Morgan fingerprint density at radius 1 is 0.739 bits per heavy atom. The van der Waals surface area contributed by atoms with Crippen molar-refractivity contribution in [1.82, 2.24) is 15.4 Å². The average molecular weight is 301 g/mol. The van der Waals surface area contributed by atoms with Crippen LogP contribution in [0.25, 0.3) is 33.2 Å².